The molecular weight excluding hydrogens is 206 g/mol. The molecule has 16 heavy (non-hydrogen) atoms. The molecule has 1 aromatic carbocycles. The van der Waals surface area contributed by atoms with Crippen molar-refractivity contribution in [2.75, 3.05) is 0 Å². The Balaban J connectivity index is 2.45. The zero-order chi connectivity index (χ0) is 12.0. The Morgan fingerprint density at radius 3 is 2.50 bits per heavy atom. The van der Waals surface area contributed by atoms with Gasteiger partial charge >= 0.3 is 0 Å². The van der Waals surface area contributed by atoms with Gasteiger partial charge in [0.2, 0.25) is 5.91 Å². The van der Waals surface area contributed by atoms with Crippen molar-refractivity contribution in [2.45, 2.75) is 19.4 Å². The third-order valence-electron chi connectivity index (χ3n) is 2.12. The quantitative estimate of drug-likeness (QED) is 0.371. The topological polar surface area (TPSA) is 84.2 Å². The SMILES string of the molecule is C[C@H](NC(=O)Cc1ccccc1)C(=O)NN. The number of hydrogen-bond acceptors (Lipinski definition) is 3. The van der Waals surface area contributed by atoms with Crippen LogP contribution in [0, 0.1) is 0 Å². The standard InChI is InChI=1S/C11H15N3O2/c1-8(11(16)14-12)13-10(15)7-9-5-3-2-4-6-9/h2-6,8H,7,12H2,1H3,(H,13,15)(H,14,16)/t8-/m0/s1. The van der Waals surface area contributed by atoms with Crippen LogP contribution in [0.4, 0.5) is 0 Å². The van der Waals surface area contributed by atoms with Gasteiger partial charge in [-0.2, -0.15) is 0 Å². The van der Waals surface area contributed by atoms with Gasteiger partial charge in [-0.1, -0.05) is 30.3 Å². The normalized spacial score (nSPS) is 11.6. The minimum atomic E-state index is -0.624. The Morgan fingerprint density at radius 1 is 1.31 bits per heavy atom. The number of nitrogens with two attached hydrogens (primary N) is 1. The fourth-order valence-corrected chi connectivity index (χ4v) is 1.26. The Bertz CT molecular complexity index is 365. The molecular formula is C11H15N3O2. The zero-order valence-corrected chi connectivity index (χ0v) is 9.07. The molecule has 2 amide bonds. The first-order valence-electron chi connectivity index (χ1n) is 4.97. The maximum Gasteiger partial charge on any atom is 0.256 e. The smallest absolute Gasteiger partial charge is 0.256 e. The van der Waals surface area contributed by atoms with Gasteiger partial charge in [-0.15, -0.1) is 0 Å². The molecule has 0 spiro atoms. The number of amides is 2. The van der Waals surface area contributed by atoms with E-state index in [9.17, 15) is 9.59 Å². The predicted octanol–water partition coefficient (Wildman–Crippen LogP) is -0.276. The lowest BCUT2D eigenvalue weighted by atomic mass is 10.1. The molecule has 0 saturated carbocycles. The predicted molar refractivity (Wildman–Crippen MR) is 60.1 cm³/mol. The van der Waals surface area contributed by atoms with Crippen LogP contribution in [0.15, 0.2) is 30.3 Å². The molecule has 0 unspecified atom stereocenters. The van der Waals surface area contributed by atoms with Crippen LogP contribution in [-0.4, -0.2) is 17.9 Å². The molecule has 0 heterocycles. The fraction of sp³-hybridized carbons (Fsp3) is 0.273. The van der Waals surface area contributed by atoms with Crippen molar-refractivity contribution in [3.8, 4) is 0 Å². The van der Waals surface area contributed by atoms with Crippen LogP contribution < -0.4 is 16.6 Å². The van der Waals surface area contributed by atoms with E-state index in [4.69, 9.17) is 5.84 Å². The Morgan fingerprint density at radius 2 is 1.94 bits per heavy atom. The maximum atomic E-state index is 11.5. The summed E-state index contributed by atoms with van der Waals surface area (Å²) < 4.78 is 0. The van der Waals surface area contributed by atoms with Crippen molar-refractivity contribution in [3.63, 3.8) is 0 Å². The molecule has 0 fully saturated rings. The van der Waals surface area contributed by atoms with E-state index in [0.717, 1.165) is 5.56 Å². The van der Waals surface area contributed by atoms with Crippen molar-refractivity contribution >= 4 is 11.8 Å². The lowest BCUT2D eigenvalue weighted by Gasteiger charge is -2.11. The molecule has 0 aliphatic carbocycles. The molecule has 5 heteroatoms. The van der Waals surface area contributed by atoms with E-state index >= 15 is 0 Å². The second-order valence-corrected chi connectivity index (χ2v) is 3.46. The lowest BCUT2D eigenvalue weighted by Crippen LogP contribution is -2.47. The molecule has 1 rings (SSSR count). The highest BCUT2D eigenvalue weighted by molar-refractivity contribution is 5.87. The highest BCUT2D eigenvalue weighted by Gasteiger charge is 2.13. The maximum absolute atomic E-state index is 11.5. The summed E-state index contributed by atoms with van der Waals surface area (Å²) in [5.41, 5.74) is 2.88. The number of nitrogens with one attached hydrogen (secondary N) is 2. The first-order chi connectivity index (χ1) is 7.63. The van der Waals surface area contributed by atoms with Crippen LogP contribution in [0.1, 0.15) is 12.5 Å². The van der Waals surface area contributed by atoms with Gasteiger partial charge < -0.3 is 5.32 Å². The molecule has 86 valence electrons. The summed E-state index contributed by atoms with van der Waals surface area (Å²) in [6.45, 7) is 1.57. The van der Waals surface area contributed by atoms with E-state index in [0.29, 0.717) is 0 Å². The van der Waals surface area contributed by atoms with Gasteiger partial charge in [0.15, 0.2) is 0 Å². The summed E-state index contributed by atoms with van der Waals surface area (Å²) in [4.78, 5) is 22.6. The minimum absolute atomic E-state index is 0.206. The molecule has 5 nitrogen and oxygen atoms in total. The average molecular weight is 221 g/mol. The number of rotatable bonds is 4. The van der Waals surface area contributed by atoms with Gasteiger partial charge in [0.1, 0.15) is 6.04 Å². The van der Waals surface area contributed by atoms with Crippen LogP contribution >= 0.6 is 0 Å². The third-order valence-corrected chi connectivity index (χ3v) is 2.12. The van der Waals surface area contributed by atoms with E-state index in [1.165, 1.54) is 0 Å². The summed E-state index contributed by atoms with van der Waals surface area (Å²) in [6, 6.07) is 8.69. The largest absolute Gasteiger partial charge is 0.344 e. The van der Waals surface area contributed by atoms with Crippen LogP contribution in [0.2, 0.25) is 0 Å². The summed E-state index contributed by atoms with van der Waals surface area (Å²) in [5, 5.41) is 2.55. The van der Waals surface area contributed by atoms with Gasteiger partial charge in [0.25, 0.3) is 5.91 Å². The molecule has 1 aromatic rings. The van der Waals surface area contributed by atoms with Crippen molar-refractivity contribution in [1.82, 2.24) is 10.7 Å². The molecule has 0 radical (unpaired) electrons. The Labute approximate surface area is 94.0 Å². The molecule has 0 aliphatic rings. The zero-order valence-electron chi connectivity index (χ0n) is 9.07. The summed E-state index contributed by atoms with van der Waals surface area (Å²) in [5.74, 6) is 4.33. The molecule has 4 N–H and O–H groups in total. The second kappa shape index (κ2) is 5.87. The minimum Gasteiger partial charge on any atom is -0.344 e. The summed E-state index contributed by atoms with van der Waals surface area (Å²) in [7, 11) is 0. The molecule has 0 aromatic heterocycles. The average Bonchev–Trinajstić information content (AvgIpc) is 2.29. The first-order valence-corrected chi connectivity index (χ1v) is 4.97. The number of carbonyl (C=O) groups excluding carboxylic acids is 2. The molecule has 0 saturated heterocycles. The lowest BCUT2D eigenvalue weighted by molar-refractivity contribution is -0.128. The van der Waals surface area contributed by atoms with E-state index in [1.54, 1.807) is 6.92 Å². The fourth-order valence-electron chi connectivity index (χ4n) is 1.26. The van der Waals surface area contributed by atoms with Crippen molar-refractivity contribution < 1.29 is 9.59 Å². The van der Waals surface area contributed by atoms with Gasteiger partial charge in [-0.05, 0) is 12.5 Å². The second-order valence-electron chi connectivity index (χ2n) is 3.46. The Kier molecular flexibility index (Phi) is 4.47. The van der Waals surface area contributed by atoms with E-state index < -0.39 is 11.9 Å². The van der Waals surface area contributed by atoms with Crippen LogP contribution in [0.5, 0.6) is 0 Å². The van der Waals surface area contributed by atoms with Crippen molar-refractivity contribution in [2.24, 2.45) is 5.84 Å². The number of hydrazine groups is 1. The summed E-state index contributed by atoms with van der Waals surface area (Å²) in [6.07, 6.45) is 0.253. The number of benzene rings is 1. The van der Waals surface area contributed by atoms with E-state index in [1.807, 2.05) is 35.8 Å². The third kappa shape index (κ3) is 3.70. The van der Waals surface area contributed by atoms with Crippen LogP contribution in [0.3, 0.4) is 0 Å². The van der Waals surface area contributed by atoms with Gasteiger partial charge in [-0.3, -0.25) is 15.0 Å². The van der Waals surface area contributed by atoms with E-state index in [2.05, 4.69) is 5.32 Å². The molecule has 0 aliphatic heterocycles. The van der Waals surface area contributed by atoms with Crippen LogP contribution in [0.25, 0.3) is 0 Å². The Hall–Kier alpha value is -1.88. The highest BCUT2D eigenvalue weighted by Crippen LogP contribution is 1.99. The molecule has 0 bridgehead atoms. The monoisotopic (exact) mass is 221 g/mol. The van der Waals surface area contributed by atoms with Crippen LogP contribution in [-0.2, 0) is 16.0 Å². The van der Waals surface area contributed by atoms with Gasteiger partial charge in [-0.25, -0.2) is 5.84 Å². The molecule has 1 atom stereocenters. The van der Waals surface area contributed by atoms with E-state index in [-0.39, 0.29) is 12.3 Å². The first kappa shape index (κ1) is 12.2. The van der Waals surface area contributed by atoms with Gasteiger partial charge in [0.05, 0.1) is 6.42 Å². The van der Waals surface area contributed by atoms with Gasteiger partial charge in [0, 0.05) is 0 Å². The van der Waals surface area contributed by atoms with Crippen molar-refractivity contribution in [3.05, 3.63) is 35.9 Å². The summed E-state index contributed by atoms with van der Waals surface area (Å²) >= 11 is 0. The number of carbonyl (C=O) groups is 2. The van der Waals surface area contributed by atoms with Crippen molar-refractivity contribution in [1.29, 1.82) is 0 Å². The highest BCUT2D eigenvalue weighted by atomic mass is 16.2. The number of hydrogen-bond donors (Lipinski definition) is 3.